The summed E-state index contributed by atoms with van der Waals surface area (Å²) in [6, 6.07) is 1.94. The average Bonchev–Trinajstić information content (AvgIpc) is 3.29. The van der Waals surface area contributed by atoms with Crippen LogP contribution >= 0.6 is 0 Å². The topological polar surface area (TPSA) is 79.2 Å². The fraction of sp³-hybridized carbons (Fsp3) is 0.476. The highest BCUT2D eigenvalue weighted by Crippen LogP contribution is 2.40. The smallest absolute Gasteiger partial charge is 0.312 e. The van der Waals surface area contributed by atoms with Gasteiger partial charge in [-0.15, -0.1) is 5.10 Å². The predicted molar refractivity (Wildman–Crippen MR) is 108 cm³/mol. The molecule has 0 aromatic carbocycles. The minimum absolute atomic E-state index is 0.0884. The van der Waals surface area contributed by atoms with Crippen molar-refractivity contribution in [3.8, 4) is 11.1 Å². The molecule has 1 aliphatic carbocycles. The number of rotatable bonds is 5. The van der Waals surface area contributed by atoms with Gasteiger partial charge in [0.05, 0.1) is 17.8 Å². The molecule has 0 unspecified atom stereocenters. The van der Waals surface area contributed by atoms with E-state index in [0.717, 1.165) is 35.8 Å². The maximum atomic E-state index is 12.1. The quantitative estimate of drug-likeness (QED) is 0.489. The van der Waals surface area contributed by atoms with Crippen LogP contribution in [-0.4, -0.2) is 37.1 Å². The lowest BCUT2D eigenvalue weighted by Gasteiger charge is -2.37. The molecule has 1 saturated carbocycles. The fourth-order valence-electron chi connectivity index (χ4n) is 3.59. The molecule has 0 amide bonds. The van der Waals surface area contributed by atoms with Gasteiger partial charge in [0.15, 0.2) is 12.4 Å². The summed E-state index contributed by atoms with van der Waals surface area (Å²) in [4.78, 5) is 15.7. The van der Waals surface area contributed by atoms with Crippen molar-refractivity contribution >= 4 is 17.0 Å². The lowest BCUT2D eigenvalue weighted by Crippen LogP contribution is -2.43. The molecule has 150 valence electrons. The number of ether oxygens (including phenoxy) is 1. The Labute approximate surface area is 169 Å². The van der Waals surface area contributed by atoms with E-state index in [1.165, 1.54) is 0 Å². The highest BCUT2D eigenvalue weighted by Gasteiger charge is 2.43. The van der Waals surface area contributed by atoms with E-state index in [-0.39, 0.29) is 18.2 Å². The van der Waals surface area contributed by atoms with E-state index >= 15 is 0 Å². The highest BCUT2D eigenvalue weighted by atomic mass is 16.5. The number of carbonyl (C=O) groups excluding carboxylic acids is 1. The Hall–Kier alpha value is -3.21. The summed E-state index contributed by atoms with van der Waals surface area (Å²) in [5, 5.41) is 13.8. The van der Waals surface area contributed by atoms with Gasteiger partial charge in [-0.3, -0.25) is 14.0 Å². The van der Waals surface area contributed by atoms with Crippen molar-refractivity contribution in [2.75, 3.05) is 6.54 Å². The van der Waals surface area contributed by atoms with Crippen LogP contribution in [0.1, 0.15) is 40.0 Å². The van der Waals surface area contributed by atoms with Crippen molar-refractivity contribution in [2.45, 2.75) is 52.3 Å². The second-order valence-corrected chi connectivity index (χ2v) is 8.66. The lowest BCUT2D eigenvalue weighted by atomic mass is 9.77. The molecule has 8 nitrogen and oxygen atoms in total. The maximum absolute atomic E-state index is 12.1. The summed E-state index contributed by atoms with van der Waals surface area (Å²) >= 11 is 0. The summed E-state index contributed by atoms with van der Waals surface area (Å²) < 4.78 is 9.13. The Balaban J connectivity index is 1.62. The Kier molecular flexibility index (Phi) is 4.61. The van der Waals surface area contributed by atoms with Gasteiger partial charge in [0.1, 0.15) is 5.54 Å². The molecular formula is C21H24N6O2. The molecule has 1 aliphatic rings. The number of hydrogen-bond donors (Lipinski definition) is 0. The van der Waals surface area contributed by atoms with Crippen LogP contribution in [0, 0.1) is 12.0 Å². The standard InChI is InChI=1S/C21H24N6O2/c1-20(2,3)19(28)29-14-26-9-6-16-17(11-23-25-18(16)26)15-10-24-27(12-15)21(13-22-4)7-5-8-21/h6,9-12H,5,7-8,13-14H2,1-3H3. The van der Waals surface area contributed by atoms with Crippen molar-refractivity contribution < 1.29 is 9.53 Å². The fourth-order valence-corrected chi connectivity index (χ4v) is 3.59. The van der Waals surface area contributed by atoms with Crippen LogP contribution in [0.2, 0.25) is 0 Å². The number of hydrogen-bond acceptors (Lipinski definition) is 5. The normalized spacial score (nSPS) is 15.7. The molecule has 0 N–H and O–H groups in total. The van der Waals surface area contributed by atoms with Gasteiger partial charge >= 0.3 is 5.97 Å². The first-order valence-corrected chi connectivity index (χ1v) is 9.71. The van der Waals surface area contributed by atoms with E-state index in [1.807, 2.05) is 50.1 Å². The second-order valence-electron chi connectivity index (χ2n) is 8.66. The zero-order valence-electron chi connectivity index (χ0n) is 16.9. The van der Waals surface area contributed by atoms with Gasteiger partial charge in [-0.1, -0.05) is 0 Å². The zero-order chi connectivity index (χ0) is 20.6. The van der Waals surface area contributed by atoms with Crippen molar-refractivity contribution in [3.63, 3.8) is 0 Å². The first kappa shape index (κ1) is 19.1. The molecule has 3 heterocycles. The van der Waals surface area contributed by atoms with Crippen molar-refractivity contribution in [1.82, 2.24) is 24.5 Å². The number of esters is 1. The van der Waals surface area contributed by atoms with Crippen LogP contribution in [0.5, 0.6) is 0 Å². The summed E-state index contributed by atoms with van der Waals surface area (Å²) in [7, 11) is 0. The Morgan fingerprint density at radius 1 is 1.34 bits per heavy atom. The molecule has 0 atom stereocenters. The van der Waals surface area contributed by atoms with Gasteiger partial charge in [0.25, 0.3) is 0 Å². The van der Waals surface area contributed by atoms with E-state index < -0.39 is 5.41 Å². The SMILES string of the molecule is [C-]#[N+]CC1(n2cc(-c3cnnc4c3ccn4COC(=O)C(C)(C)C)cn2)CCC1. The number of aromatic nitrogens is 5. The van der Waals surface area contributed by atoms with Gasteiger partial charge in [-0.05, 0) is 46.1 Å². The van der Waals surface area contributed by atoms with E-state index in [0.29, 0.717) is 12.2 Å². The first-order valence-electron chi connectivity index (χ1n) is 9.71. The van der Waals surface area contributed by atoms with Crippen LogP contribution in [-0.2, 0) is 21.8 Å². The van der Waals surface area contributed by atoms with Gasteiger partial charge < -0.3 is 9.58 Å². The molecular weight excluding hydrogens is 368 g/mol. The minimum Gasteiger partial charge on any atom is -0.443 e. The monoisotopic (exact) mass is 392 g/mol. The van der Waals surface area contributed by atoms with Gasteiger partial charge in [-0.2, -0.15) is 10.2 Å². The zero-order valence-corrected chi connectivity index (χ0v) is 16.9. The summed E-state index contributed by atoms with van der Waals surface area (Å²) in [5.41, 5.74) is 1.77. The van der Waals surface area contributed by atoms with E-state index in [2.05, 4.69) is 20.1 Å². The predicted octanol–water partition coefficient (Wildman–Crippen LogP) is 3.64. The third-order valence-corrected chi connectivity index (χ3v) is 5.55. The molecule has 3 aromatic heterocycles. The minimum atomic E-state index is -0.558. The summed E-state index contributed by atoms with van der Waals surface area (Å²) in [5.74, 6) is -0.268. The van der Waals surface area contributed by atoms with Crippen LogP contribution in [0.25, 0.3) is 27.0 Å². The largest absolute Gasteiger partial charge is 0.443 e. The Bertz CT molecular complexity index is 1090. The average molecular weight is 392 g/mol. The molecule has 8 heteroatoms. The van der Waals surface area contributed by atoms with Gasteiger partial charge in [0, 0.05) is 28.9 Å². The van der Waals surface area contributed by atoms with Crippen molar-refractivity contribution in [2.24, 2.45) is 5.41 Å². The van der Waals surface area contributed by atoms with E-state index in [4.69, 9.17) is 11.3 Å². The Morgan fingerprint density at radius 3 is 2.79 bits per heavy atom. The van der Waals surface area contributed by atoms with Crippen LogP contribution in [0.4, 0.5) is 0 Å². The van der Waals surface area contributed by atoms with Crippen molar-refractivity contribution in [1.29, 1.82) is 0 Å². The van der Waals surface area contributed by atoms with Gasteiger partial charge in [0.2, 0.25) is 6.54 Å². The lowest BCUT2D eigenvalue weighted by molar-refractivity contribution is -0.156. The first-order chi connectivity index (χ1) is 13.8. The summed E-state index contributed by atoms with van der Waals surface area (Å²) in [6.07, 6.45) is 10.5. The molecule has 3 aromatic rings. The molecule has 0 saturated heterocycles. The number of fused-ring (bicyclic) bond motifs is 1. The van der Waals surface area contributed by atoms with Crippen LogP contribution in [0.3, 0.4) is 0 Å². The summed E-state index contributed by atoms with van der Waals surface area (Å²) in [6.45, 7) is 13.3. The second kappa shape index (κ2) is 6.99. The molecule has 0 radical (unpaired) electrons. The molecule has 0 bridgehead atoms. The van der Waals surface area contributed by atoms with Crippen LogP contribution < -0.4 is 0 Å². The third-order valence-electron chi connectivity index (χ3n) is 5.55. The molecule has 0 aliphatic heterocycles. The third kappa shape index (κ3) is 3.37. The van der Waals surface area contributed by atoms with E-state index in [1.54, 1.807) is 10.8 Å². The number of carbonyl (C=O) groups is 1. The maximum Gasteiger partial charge on any atom is 0.312 e. The highest BCUT2D eigenvalue weighted by molar-refractivity contribution is 5.92. The Morgan fingerprint density at radius 2 is 2.14 bits per heavy atom. The van der Waals surface area contributed by atoms with E-state index in [9.17, 15) is 4.79 Å². The van der Waals surface area contributed by atoms with Crippen molar-refractivity contribution in [3.05, 3.63) is 42.3 Å². The molecule has 29 heavy (non-hydrogen) atoms. The number of nitrogens with zero attached hydrogens (tertiary/aromatic N) is 6. The van der Waals surface area contributed by atoms with Crippen LogP contribution in [0.15, 0.2) is 30.9 Å². The molecule has 0 spiro atoms. The molecule has 4 rings (SSSR count). The molecule has 1 fully saturated rings. The van der Waals surface area contributed by atoms with Gasteiger partial charge in [-0.25, -0.2) is 6.57 Å².